The average Bonchev–Trinajstić information content (AvgIpc) is 2.39. The van der Waals surface area contributed by atoms with Crippen molar-refractivity contribution in [1.29, 1.82) is 0 Å². The number of rotatable bonds is 6. The summed E-state index contributed by atoms with van der Waals surface area (Å²) in [6, 6.07) is 0. The van der Waals surface area contributed by atoms with Crippen LogP contribution in [-0.2, 0) is 14.3 Å². The standard InChI is InChI=1S/C14H24O3/c1-3-13(16)17-14(4-2,10-11-15)12-8-6-5-7-9-12/h11-12H,3-10H2,1-2H3. The number of esters is 1. The molecule has 1 aliphatic carbocycles. The van der Waals surface area contributed by atoms with E-state index in [2.05, 4.69) is 0 Å². The first-order valence-corrected chi connectivity index (χ1v) is 6.84. The highest BCUT2D eigenvalue weighted by atomic mass is 16.6. The van der Waals surface area contributed by atoms with E-state index in [1.807, 2.05) is 6.92 Å². The first-order chi connectivity index (χ1) is 8.18. The van der Waals surface area contributed by atoms with Crippen molar-refractivity contribution < 1.29 is 14.3 Å². The summed E-state index contributed by atoms with van der Waals surface area (Å²) in [6.07, 6.45) is 8.18. The molecule has 98 valence electrons. The Hall–Kier alpha value is -0.860. The number of hydrogen-bond donors (Lipinski definition) is 0. The van der Waals surface area contributed by atoms with E-state index in [9.17, 15) is 9.59 Å². The zero-order chi connectivity index (χ0) is 12.7. The van der Waals surface area contributed by atoms with E-state index in [4.69, 9.17) is 4.74 Å². The lowest BCUT2D eigenvalue weighted by Gasteiger charge is -2.40. The van der Waals surface area contributed by atoms with Crippen molar-refractivity contribution in [3.63, 3.8) is 0 Å². The predicted octanol–water partition coefficient (Wildman–Crippen LogP) is 3.26. The van der Waals surface area contributed by atoms with Crippen LogP contribution in [0.2, 0.25) is 0 Å². The normalized spacial score (nSPS) is 20.6. The number of carbonyl (C=O) groups is 2. The molecule has 1 unspecified atom stereocenters. The number of hydrogen-bond acceptors (Lipinski definition) is 3. The lowest BCUT2D eigenvalue weighted by Crippen LogP contribution is -2.43. The molecule has 0 bridgehead atoms. The minimum atomic E-state index is -0.532. The monoisotopic (exact) mass is 240 g/mol. The Morgan fingerprint density at radius 3 is 2.41 bits per heavy atom. The van der Waals surface area contributed by atoms with Gasteiger partial charge >= 0.3 is 5.97 Å². The van der Waals surface area contributed by atoms with E-state index >= 15 is 0 Å². The molecule has 0 aromatic heterocycles. The van der Waals surface area contributed by atoms with Gasteiger partial charge in [-0.15, -0.1) is 0 Å². The second-order valence-corrected chi connectivity index (χ2v) is 4.95. The van der Waals surface area contributed by atoms with E-state index in [0.29, 0.717) is 18.8 Å². The van der Waals surface area contributed by atoms with E-state index in [1.165, 1.54) is 19.3 Å². The Morgan fingerprint density at radius 2 is 1.94 bits per heavy atom. The number of aldehydes is 1. The van der Waals surface area contributed by atoms with Crippen molar-refractivity contribution >= 4 is 12.3 Å². The molecule has 0 spiro atoms. The molecule has 1 fully saturated rings. The summed E-state index contributed by atoms with van der Waals surface area (Å²) in [5.41, 5.74) is -0.532. The molecule has 0 aromatic carbocycles. The Morgan fingerprint density at radius 1 is 1.29 bits per heavy atom. The molecule has 0 heterocycles. The van der Waals surface area contributed by atoms with Gasteiger partial charge in [-0.1, -0.05) is 33.1 Å². The van der Waals surface area contributed by atoms with Crippen molar-refractivity contribution in [3.8, 4) is 0 Å². The summed E-state index contributed by atoms with van der Waals surface area (Å²) in [6.45, 7) is 3.81. The van der Waals surface area contributed by atoms with Gasteiger partial charge in [0.1, 0.15) is 11.9 Å². The molecule has 1 rings (SSSR count). The molecular formula is C14H24O3. The summed E-state index contributed by atoms with van der Waals surface area (Å²) in [7, 11) is 0. The molecular weight excluding hydrogens is 216 g/mol. The smallest absolute Gasteiger partial charge is 0.306 e. The molecule has 1 atom stereocenters. The lowest BCUT2D eigenvalue weighted by molar-refractivity contribution is -0.169. The van der Waals surface area contributed by atoms with Crippen molar-refractivity contribution in [2.75, 3.05) is 0 Å². The largest absolute Gasteiger partial charge is 0.458 e. The molecule has 0 radical (unpaired) electrons. The van der Waals surface area contributed by atoms with Crippen LogP contribution in [0.25, 0.3) is 0 Å². The fourth-order valence-electron chi connectivity index (χ4n) is 2.87. The van der Waals surface area contributed by atoms with Crippen LogP contribution in [-0.4, -0.2) is 17.9 Å². The summed E-state index contributed by atoms with van der Waals surface area (Å²) in [5.74, 6) is 0.182. The Labute approximate surface area is 104 Å². The van der Waals surface area contributed by atoms with Crippen LogP contribution in [0.5, 0.6) is 0 Å². The van der Waals surface area contributed by atoms with Crippen LogP contribution in [0.3, 0.4) is 0 Å². The van der Waals surface area contributed by atoms with Crippen LogP contribution in [0.15, 0.2) is 0 Å². The van der Waals surface area contributed by atoms with Crippen LogP contribution < -0.4 is 0 Å². The van der Waals surface area contributed by atoms with Gasteiger partial charge in [-0.2, -0.15) is 0 Å². The molecule has 3 heteroatoms. The van der Waals surface area contributed by atoms with Crippen LogP contribution in [0.4, 0.5) is 0 Å². The number of ether oxygens (including phenoxy) is 1. The van der Waals surface area contributed by atoms with Crippen molar-refractivity contribution in [3.05, 3.63) is 0 Å². The molecule has 3 nitrogen and oxygen atoms in total. The molecule has 0 aromatic rings. The third-order valence-corrected chi connectivity index (χ3v) is 3.98. The SMILES string of the molecule is CCC(=O)OC(CC)(CC=O)C1CCCCC1. The van der Waals surface area contributed by atoms with Crippen molar-refractivity contribution in [1.82, 2.24) is 0 Å². The minimum Gasteiger partial charge on any atom is -0.458 e. The summed E-state index contributed by atoms with van der Waals surface area (Å²) in [4.78, 5) is 22.5. The first-order valence-electron chi connectivity index (χ1n) is 6.84. The lowest BCUT2D eigenvalue weighted by atomic mass is 9.74. The predicted molar refractivity (Wildman–Crippen MR) is 66.7 cm³/mol. The molecule has 1 aliphatic rings. The zero-order valence-corrected chi connectivity index (χ0v) is 11.0. The quantitative estimate of drug-likeness (QED) is 0.528. The van der Waals surface area contributed by atoms with E-state index < -0.39 is 5.60 Å². The van der Waals surface area contributed by atoms with Gasteiger partial charge in [-0.25, -0.2) is 0 Å². The van der Waals surface area contributed by atoms with Gasteiger partial charge in [0, 0.05) is 12.8 Å². The van der Waals surface area contributed by atoms with Gasteiger partial charge in [0.15, 0.2) is 0 Å². The fourth-order valence-corrected chi connectivity index (χ4v) is 2.87. The third kappa shape index (κ3) is 3.55. The van der Waals surface area contributed by atoms with E-state index in [-0.39, 0.29) is 5.97 Å². The maximum absolute atomic E-state index is 11.6. The molecule has 1 saturated carbocycles. The van der Waals surface area contributed by atoms with Gasteiger partial charge < -0.3 is 9.53 Å². The Balaban J connectivity index is 2.80. The second kappa shape index (κ2) is 6.77. The Kier molecular flexibility index (Phi) is 5.66. The molecule has 17 heavy (non-hydrogen) atoms. The van der Waals surface area contributed by atoms with E-state index in [1.54, 1.807) is 6.92 Å². The van der Waals surface area contributed by atoms with Crippen molar-refractivity contribution in [2.45, 2.75) is 70.8 Å². The molecule has 0 saturated heterocycles. The van der Waals surface area contributed by atoms with Gasteiger partial charge in [-0.05, 0) is 25.2 Å². The molecule has 0 amide bonds. The van der Waals surface area contributed by atoms with Crippen LogP contribution >= 0.6 is 0 Å². The maximum atomic E-state index is 11.6. The van der Waals surface area contributed by atoms with Crippen LogP contribution in [0, 0.1) is 5.92 Å². The van der Waals surface area contributed by atoms with Gasteiger partial charge in [-0.3, -0.25) is 4.79 Å². The zero-order valence-electron chi connectivity index (χ0n) is 11.0. The average molecular weight is 240 g/mol. The van der Waals surface area contributed by atoms with Gasteiger partial charge in [0.2, 0.25) is 0 Å². The van der Waals surface area contributed by atoms with Gasteiger partial charge in [0.25, 0.3) is 0 Å². The minimum absolute atomic E-state index is 0.181. The topological polar surface area (TPSA) is 43.4 Å². The third-order valence-electron chi connectivity index (χ3n) is 3.98. The molecule has 0 N–H and O–H groups in total. The highest BCUT2D eigenvalue weighted by Gasteiger charge is 2.40. The number of carbonyl (C=O) groups excluding carboxylic acids is 2. The van der Waals surface area contributed by atoms with Gasteiger partial charge in [0.05, 0.1) is 0 Å². The highest BCUT2D eigenvalue weighted by molar-refractivity contribution is 5.70. The van der Waals surface area contributed by atoms with E-state index in [0.717, 1.165) is 25.5 Å². The summed E-state index contributed by atoms with van der Waals surface area (Å²) >= 11 is 0. The van der Waals surface area contributed by atoms with Crippen molar-refractivity contribution in [2.24, 2.45) is 5.92 Å². The maximum Gasteiger partial charge on any atom is 0.306 e. The summed E-state index contributed by atoms with van der Waals surface area (Å²) in [5, 5.41) is 0. The fraction of sp³-hybridized carbons (Fsp3) is 0.857. The highest BCUT2D eigenvalue weighted by Crippen LogP contribution is 2.39. The Bertz CT molecular complexity index is 256. The molecule has 0 aliphatic heterocycles. The summed E-state index contributed by atoms with van der Waals surface area (Å²) < 4.78 is 5.65. The first kappa shape index (κ1) is 14.2. The van der Waals surface area contributed by atoms with Crippen LogP contribution in [0.1, 0.15) is 65.2 Å². The second-order valence-electron chi connectivity index (χ2n) is 4.95.